The number of halogens is 1. The van der Waals surface area contributed by atoms with Crippen molar-refractivity contribution < 1.29 is 4.79 Å². The van der Waals surface area contributed by atoms with E-state index in [9.17, 15) is 4.79 Å². The van der Waals surface area contributed by atoms with Crippen molar-refractivity contribution in [2.75, 3.05) is 31.1 Å². The van der Waals surface area contributed by atoms with Gasteiger partial charge in [0, 0.05) is 50.5 Å². The van der Waals surface area contributed by atoms with Crippen molar-refractivity contribution in [2.45, 2.75) is 6.92 Å². The topological polar surface area (TPSA) is 62.2 Å². The van der Waals surface area contributed by atoms with Crippen LogP contribution < -0.4 is 4.90 Å². The number of piperazine rings is 1. The Balaban J connectivity index is 1.62. The minimum Gasteiger partial charge on any atom is -0.337 e. The number of carbonyl (C=O) groups is 1. The molecule has 1 amide bonds. The summed E-state index contributed by atoms with van der Waals surface area (Å²) in [5.74, 6) is 0.733. The molecule has 0 aliphatic carbocycles. The SMILES string of the molecule is Cc1ccc(C(=O)N2CCN(c3ncc(Br)cn3)CC2)cn1. The van der Waals surface area contributed by atoms with Crippen LogP contribution in [0.4, 0.5) is 5.95 Å². The van der Waals surface area contributed by atoms with Crippen LogP contribution in [0.5, 0.6) is 0 Å². The van der Waals surface area contributed by atoms with Gasteiger partial charge in [-0.05, 0) is 35.0 Å². The number of nitrogens with zero attached hydrogens (tertiary/aromatic N) is 5. The summed E-state index contributed by atoms with van der Waals surface area (Å²) in [5.41, 5.74) is 1.55. The van der Waals surface area contributed by atoms with Gasteiger partial charge in [0.25, 0.3) is 5.91 Å². The van der Waals surface area contributed by atoms with Gasteiger partial charge in [-0.1, -0.05) is 0 Å². The molecule has 1 saturated heterocycles. The number of aromatic nitrogens is 3. The molecular weight excluding hydrogens is 346 g/mol. The number of carbonyl (C=O) groups excluding carboxylic acids is 1. The zero-order valence-electron chi connectivity index (χ0n) is 12.2. The zero-order chi connectivity index (χ0) is 15.5. The first-order valence-electron chi connectivity index (χ1n) is 7.08. The average molecular weight is 362 g/mol. The molecule has 2 aromatic heterocycles. The number of hydrogen-bond donors (Lipinski definition) is 0. The third kappa shape index (κ3) is 3.24. The molecule has 114 valence electrons. The first-order valence-corrected chi connectivity index (χ1v) is 7.87. The van der Waals surface area contributed by atoms with Crippen LogP contribution in [0.15, 0.2) is 35.2 Å². The lowest BCUT2D eigenvalue weighted by atomic mass is 10.2. The maximum absolute atomic E-state index is 12.4. The molecule has 22 heavy (non-hydrogen) atoms. The predicted molar refractivity (Wildman–Crippen MR) is 86.8 cm³/mol. The van der Waals surface area contributed by atoms with Crippen LogP contribution in [0.1, 0.15) is 16.1 Å². The lowest BCUT2D eigenvalue weighted by molar-refractivity contribution is 0.0746. The van der Waals surface area contributed by atoms with Crippen LogP contribution in [0.3, 0.4) is 0 Å². The van der Waals surface area contributed by atoms with Crippen molar-refractivity contribution in [2.24, 2.45) is 0 Å². The summed E-state index contributed by atoms with van der Waals surface area (Å²) in [6, 6.07) is 3.69. The van der Waals surface area contributed by atoms with Gasteiger partial charge in [0.05, 0.1) is 10.0 Å². The van der Waals surface area contributed by atoms with Crippen molar-refractivity contribution in [3.63, 3.8) is 0 Å². The fourth-order valence-electron chi connectivity index (χ4n) is 2.36. The second-order valence-electron chi connectivity index (χ2n) is 5.17. The molecule has 7 heteroatoms. The monoisotopic (exact) mass is 361 g/mol. The molecule has 3 rings (SSSR count). The zero-order valence-corrected chi connectivity index (χ0v) is 13.8. The number of amides is 1. The van der Waals surface area contributed by atoms with Crippen LogP contribution in [0.25, 0.3) is 0 Å². The smallest absolute Gasteiger partial charge is 0.255 e. The van der Waals surface area contributed by atoms with Crippen molar-refractivity contribution in [3.8, 4) is 0 Å². The normalized spacial score (nSPS) is 15.0. The van der Waals surface area contributed by atoms with Crippen molar-refractivity contribution in [1.82, 2.24) is 19.9 Å². The summed E-state index contributed by atoms with van der Waals surface area (Å²) in [4.78, 5) is 29.1. The summed E-state index contributed by atoms with van der Waals surface area (Å²) in [6.07, 6.45) is 5.11. The molecule has 0 radical (unpaired) electrons. The van der Waals surface area contributed by atoms with Crippen molar-refractivity contribution in [3.05, 3.63) is 46.5 Å². The van der Waals surface area contributed by atoms with E-state index in [0.29, 0.717) is 24.6 Å². The highest BCUT2D eigenvalue weighted by atomic mass is 79.9. The number of anilines is 1. The van der Waals surface area contributed by atoms with E-state index >= 15 is 0 Å². The predicted octanol–water partition coefficient (Wildman–Crippen LogP) is 1.90. The molecule has 0 bridgehead atoms. The third-order valence-corrected chi connectivity index (χ3v) is 4.02. The largest absolute Gasteiger partial charge is 0.337 e. The Labute approximate surface area is 137 Å². The van der Waals surface area contributed by atoms with Gasteiger partial charge >= 0.3 is 0 Å². The maximum Gasteiger partial charge on any atom is 0.255 e. The highest BCUT2D eigenvalue weighted by Gasteiger charge is 2.23. The Hall–Kier alpha value is -2.02. The van der Waals surface area contributed by atoms with E-state index in [2.05, 4.69) is 35.8 Å². The Morgan fingerprint density at radius 2 is 1.73 bits per heavy atom. The third-order valence-electron chi connectivity index (χ3n) is 3.61. The van der Waals surface area contributed by atoms with E-state index in [-0.39, 0.29) is 5.91 Å². The van der Waals surface area contributed by atoms with E-state index in [4.69, 9.17) is 0 Å². The molecule has 0 spiro atoms. The molecule has 1 aliphatic heterocycles. The van der Waals surface area contributed by atoms with Gasteiger partial charge in [-0.25, -0.2) is 9.97 Å². The number of hydrogen-bond acceptors (Lipinski definition) is 5. The summed E-state index contributed by atoms with van der Waals surface area (Å²) in [7, 11) is 0. The lowest BCUT2D eigenvalue weighted by Crippen LogP contribution is -2.49. The summed E-state index contributed by atoms with van der Waals surface area (Å²) >= 11 is 3.33. The molecule has 2 aromatic rings. The van der Waals surface area contributed by atoms with Gasteiger partial charge in [0.15, 0.2) is 0 Å². The molecule has 3 heterocycles. The van der Waals surface area contributed by atoms with Crippen molar-refractivity contribution >= 4 is 27.8 Å². The Bertz CT molecular complexity index is 651. The van der Waals surface area contributed by atoms with Gasteiger partial charge in [-0.3, -0.25) is 9.78 Å². The summed E-state index contributed by atoms with van der Waals surface area (Å²) in [6.45, 7) is 4.68. The van der Waals surface area contributed by atoms with E-state index in [1.54, 1.807) is 18.6 Å². The molecule has 6 nitrogen and oxygen atoms in total. The van der Waals surface area contributed by atoms with E-state index in [1.165, 1.54) is 0 Å². The van der Waals surface area contributed by atoms with Gasteiger partial charge in [-0.15, -0.1) is 0 Å². The van der Waals surface area contributed by atoms with Crippen LogP contribution in [0.2, 0.25) is 0 Å². The summed E-state index contributed by atoms with van der Waals surface area (Å²) in [5, 5.41) is 0. The first-order chi connectivity index (χ1) is 10.6. The van der Waals surface area contributed by atoms with Crippen LogP contribution in [-0.2, 0) is 0 Å². The standard InChI is InChI=1S/C15H16BrN5O/c1-11-2-3-12(8-17-11)14(22)20-4-6-21(7-5-20)15-18-9-13(16)10-19-15/h2-3,8-10H,4-7H2,1H3. The maximum atomic E-state index is 12.4. The highest BCUT2D eigenvalue weighted by Crippen LogP contribution is 2.14. The second-order valence-corrected chi connectivity index (χ2v) is 6.08. The van der Waals surface area contributed by atoms with Gasteiger partial charge in [0.2, 0.25) is 5.95 Å². The fraction of sp³-hybridized carbons (Fsp3) is 0.333. The first kappa shape index (κ1) is 14.9. The van der Waals surface area contributed by atoms with Crippen LogP contribution >= 0.6 is 15.9 Å². The number of pyridine rings is 1. The minimum absolute atomic E-state index is 0.0314. The van der Waals surface area contributed by atoms with E-state index < -0.39 is 0 Å². The Morgan fingerprint density at radius 3 is 2.32 bits per heavy atom. The average Bonchev–Trinajstić information content (AvgIpc) is 2.56. The molecule has 1 aliphatic rings. The van der Waals surface area contributed by atoms with E-state index in [0.717, 1.165) is 23.3 Å². The Morgan fingerprint density at radius 1 is 1.05 bits per heavy atom. The molecule has 0 saturated carbocycles. The van der Waals surface area contributed by atoms with Gasteiger partial charge in [-0.2, -0.15) is 0 Å². The molecular formula is C15H16BrN5O. The fourth-order valence-corrected chi connectivity index (χ4v) is 2.56. The molecule has 0 aromatic carbocycles. The lowest BCUT2D eigenvalue weighted by Gasteiger charge is -2.34. The molecule has 0 unspecified atom stereocenters. The number of rotatable bonds is 2. The second kappa shape index (κ2) is 6.39. The molecule has 1 fully saturated rings. The Kier molecular flexibility index (Phi) is 4.33. The van der Waals surface area contributed by atoms with E-state index in [1.807, 2.05) is 24.0 Å². The van der Waals surface area contributed by atoms with Gasteiger partial charge < -0.3 is 9.80 Å². The minimum atomic E-state index is 0.0314. The highest BCUT2D eigenvalue weighted by molar-refractivity contribution is 9.10. The summed E-state index contributed by atoms with van der Waals surface area (Å²) < 4.78 is 0.858. The van der Waals surface area contributed by atoms with Crippen LogP contribution in [-0.4, -0.2) is 51.9 Å². The van der Waals surface area contributed by atoms with Crippen LogP contribution in [0, 0.1) is 6.92 Å². The van der Waals surface area contributed by atoms with Gasteiger partial charge in [0.1, 0.15) is 0 Å². The quantitative estimate of drug-likeness (QED) is 0.817. The number of aryl methyl sites for hydroxylation is 1. The van der Waals surface area contributed by atoms with Crippen molar-refractivity contribution in [1.29, 1.82) is 0 Å². The molecule has 0 N–H and O–H groups in total. The molecule has 0 atom stereocenters.